The number of methoxy groups -OCH3 is 1. The maximum absolute atomic E-state index is 10.5. The molecule has 0 spiro atoms. The van der Waals surface area contributed by atoms with Gasteiger partial charge in [0.05, 0.1) is 7.11 Å². The van der Waals surface area contributed by atoms with Crippen molar-refractivity contribution in [1.82, 2.24) is 0 Å². The van der Waals surface area contributed by atoms with Gasteiger partial charge in [-0.25, -0.2) is 0 Å². The topological polar surface area (TPSA) is 43.4 Å². The fourth-order valence-electron chi connectivity index (χ4n) is 1.14. The van der Waals surface area contributed by atoms with Gasteiger partial charge in [-0.3, -0.25) is 9.59 Å². The van der Waals surface area contributed by atoms with Crippen LogP contribution in [0.3, 0.4) is 0 Å². The van der Waals surface area contributed by atoms with Gasteiger partial charge in [-0.2, -0.15) is 0 Å². The monoisotopic (exact) mass is 562 g/mol. The Morgan fingerprint density at radius 1 is 0.900 bits per heavy atom. The van der Waals surface area contributed by atoms with E-state index in [-0.39, 0.29) is 26.1 Å². The average molecular weight is 563 g/mol. The van der Waals surface area contributed by atoms with Gasteiger partial charge in [0.1, 0.15) is 0 Å². The first-order valence-corrected chi connectivity index (χ1v) is 6.71. The molecule has 0 aliphatic carbocycles. The molecule has 0 rings (SSSR count). The Hall–Kier alpha value is -1.57. The number of hydrogen-bond acceptors (Lipinski definition) is 3. The second kappa shape index (κ2) is 26.1. The zero-order chi connectivity index (χ0) is 13.5. The fourth-order valence-corrected chi connectivity index (χ4v) is 1.27. The molecule has 3 nitrogen and oxygen atoms in total. The van der Waals surface area contributed by atoms with Crippen molar-refractivity contribution in [1.29, 1.82) is 0 Å². The molecule has 0 radical (unpaired) electrons. The third kappa shape index (κ3) is 36.0. The summed E-state index contributed by atoms with van der Waals surface area (Å²) in [6, 6.07) is 0. The molecule has 0 atom stereocenters. The third-order valence-corrected chi connectivity index (χ3v) is 2.38. The average Bonchev–Trinajstić information content (AvgIpc) is 2.30. The zero-order valence-corrected chi connectivity index (χ0v) is 21.2. The van der Waals surface area contributed by atoms with Crippen molar-refractivity contribution in [2.45, 2.75) is 65.2 Å². The molecule has 0 aliphatic heterocycles. The maximum Gasteiger partial charge on any atom is 0.305 e. The van der Waals surface area contributed by atoms with Crippen molar-refractivity contribution in [3.63, 3.8) is 0 Å². The Kier molecular flexibility index (Phi) is 40.5. The Morgan fingerprint density at radius 2 is 1.30 bits per heavy atom. The summed E-state index contributed by atoms with van der Waals surface area (Å²) in [4.78, 5) is 20.5. The van der Waals surface area contributed by atoms with Crippen LogP contribution in [0.4, 0.5) is 0 Å². The van der Waals surface area contributed by atoms with Gasteiger partial charge in [-0.05, 0) is 24.4 Å². The first kappa shape index (κ1) is 31.0. The Balaban J connectivity index is -0.0000000655. The molecule has 0 saturated heterocycles. The van der Waals surface area contributed by atoms with Crippen LogP contribution in [0.15, 0.2) is 0 Å². The van der Waals surface area contributed by atoms with Crippen molar-refractivity contribution in [3.8, 4) is 0 Å². The molecule has 0 aromatic carbocycles. The normalized spacial score (nSPS) is 7.80. The standard InChI is InChI=1S/C7H14O2.C6H11ClO.2CH3.Db/c1-3-4-5-6-7(8)9-2;1-2-3-4-5-6(7)8;;;/h3-6H2,1-2H3;2-5H2,1H3;2*1H3;/q;;2*-1;. The van der Waals surface area contributed by atoms with E-state index in [0.717, 1.165) is 38.5 Å². The second-order valence-corrected chi connectivity index (χ2v) is 4.27. The van der Waals surface area contributed by atoms with Crippen LogP contribution in [0.1, 0.15) is 65.2 Å². The van der Waals surface area contributed by atoms with Crippen LogP contribution in [0.5, 0.6) is 0 Å². The van der Waals surface area contributed by atoms with Gasteiger partial charge < -0.3 is 19.6 Å². The molecule has 120 valence electrons. The molecule has 0 N–H and O–H groups in total. The Bertz CT molecular complexity index is 200. The molecule has 0 bridgehead atoms. The van der Waals surface area contributed by atoms with E-state index in [4.69, 9.17) is 11.6 Å². The number of carbonyl (C=O) groups is 2. The zero-order valence-electron chi connectivity index (χ0n) is 14.0. The molecular formula is C15H31ClDbO3-2. The van der Waals surface area contributed by atoms with Gasteiger partial charge in [0, 0.05) is 12.8 Å². The van der Waals surface area contributed by atoms with Gasteiger partial charge in [0.25, 0.3) is 0 Å². The molecule has 0 unspecified atom stereocenters. The van der Waals surface area contributed by atoms with E-state index in [1.807, 2.05) is 0 Å². The SMILES string of the molecule is CCCCCC(=O)Cl.CCCCCC(=O)OC.[CH3-].[CH3-].[Db]. The first-order chi connectivity index (χ1) is 8.08. The number of unbranched alkanes of at least 4 members (excludes halogenated alkanes) is 4. The van der Waals surface area contributed by atoms with Crippen LogP contribution in [-0.4, -0.2) is 18.3 Å². The van der Waals surface area contributed by atoms with E-state index in [1.165, 1.54) is 7.11 Å². The van der Waals surface area contributed by atoms with Crippen LogP contribution >= 0.6 is 11.6 Å². The molecule has 0 fully saturated rings. The van der Waals surface area contributed by atoms with E-state index >= 15 is 0 Å². The molecule has 0 saturated carbocycles. The van der Waals surface area contributed by atoms with Crippen molar-refractivity contribution in [3.05, 3.63) is 14.9 Å². The summed E-state index contributed by atoms with van der Waals surface area (Å²) in [6.45, 7) is 4.20. The minimum Gasteiger partial charge on any atom is -0.469 e. The minimum absolute atomic E-state index is 0. The first-order valence-electron chi connectivity index (χ1n) is 6.33. The summed E-state index contributed by atoms with van der Waals surface area (Å²) >= 11 is 5.07. The predicted molar refractivity (Wildman–Crippen MR) is 84.0 cm³/mol. The summed E-state index contributed by atoms with van der Waals surface area (Å²) in [5.74, 6) is -0.0940. The summed E-state index contributed by atoms with van der Waals surface area (Å²) in [6.07, 6.45) is 7.54. The largest absolute Gasteiger partial charge is 0.469 e. The van der Waals surface area contributed by atoms with Crippen molar-refractivity contribution >= 4 is 22.8 Å². The van der Waals surface area contributed by atoms with Crippen molar-refractivity contribution < 1.29 is 14.3 Å². The molecule has 0 amide bonds. The Labute approximate surface area is 125 Å². The number of halogens is 1. The quantitative estimate of drug-likeness (QED) is 0.182. The van der Waals surface area contributed by atoms with Gasteiger partial charge in [0.2, 0.25) is 5.24 Å². The number of esters is 1. The van der Waals surface area contributed by atoms with E-state index in [0.29, 0.717) is 12.8 Å². The maximum atomic E-state index is 10.5. The number of rotatable bonds is 8. The van der Waals surface area contributed by atoms with Crippen LogP contribution in [0.2, 0.25) is 0 Å². The van der Waals surface area contributed by atoms with E-state index in [9.17, 15) is 9.59 Å². The van der Waals surface area contributed by atoms with Gasteiger partial charge in [-0.15, -0.1) is 0 Å². The van der Waals surface area contributed by atoms with E-state index in [2.05, 4.69) is 18.6 Å². The number of hydrogen-bond donors (Lipinski definition) is 0. The minimum atomic E-state index is -0.210. The van der Waals surface area contributed by atoms with E-state index in [1.54, 1.807) is 0 Å². The van der Waals surface area contributed by atoms with Gasteiger partial charge >= 0.3 is 5.97 Å². The number of carbonyl (C=O) groups excluding carboxylic acids is 2. The number of ether oxygens (including phenoxy) is 1. The summed E-state index contributed by atoms with van der Waals surface area (Å²) in [5.41, 5.74) is 0. The summed E-state index contributed by atoms with van der Waals surface area (Å²) < 4.78 is 4.46. The van der Waals surface area contributed by atoms with Crippen molar-refractivity contribution in [2.24, 2.45) is 0 Å². The molecule has 0 aromatic heterocycles. The smallest absolute Gasteiger partial charge is 0.305 e. The van der Waals surface area contributed by atoms with Crippen LogP contribution in [0, 0.1) is 14.9 Å². The van der Waals surface area contributed by atoms with Crippen LogP contribution < -0.4 is 0 Å². The molecule has 5 heteroatoms. The van der Waals surface area contributed by atoms with Crippen LogP contribution in [0.25, 0.3) is 0 Å². The predicted octanol–water partition coefficient (Wildman–Crippen LogP) is 4.97. The molecule has 20 heavy (non-hydrogen) atoms. The van der Waals surface area contributed by atoms with Gasteiger partial charge in [-0.1, -0.05) is 39.5 Å². The molecule has 0 aliphatic rings. The third-order valence-electron chi connectivity index (χ3n) is 2.19. The fraction of sp³-hybridized carbons (Fsp3) is 0.733. The summed E-state index contributed by atoms with van der Waals surface area (Å²) in [7, 11) is 1.42. The molecule has 0 aromatic rings. The Morgan fingerprint density at radius 3 is 1.60 bits per heavy atom. The molecular weight excluding hydrogens is 532 g/mol. The second-order valence-electron chi connectivity index (χ2n) is 3.85. The summed E-state index contributed by atoms with van der Waals surface area (Å²) in [5, 5.41) is -0.210. The molecule has 0 heterocycles. The van der Waals surface area contributed by atoms with Crippen LogP contribution in [-0.2, 0) is 14.3 Å². The van der Waals surface area contributed by atoms with E-state index < -0.39 is 0 Å². The van der Waals surface area contributed by atoms with Gasteiger partial charge in [0.15, 0.2) is 0 Å². The van der Waals surface area contributed by atoms with Crippen molar-refractivity contribution in [2.75, 3.05) is 7.11 Å².